The predicted molar refractivity (Wildman–Crippen MR) is 107 cm³/mol. The quantitative estimate of drug-likeness (QED) is 0.473. The Balaban J connectivity index is 1.88. The molecule has 1 aliphatic carbocycles. The number of nitrogens with zero attached hydrogens (tertiary/aromatic N) is 1. The van der Waals surface area contributed by atoms with Crippen molar-refractivity contribution in [3.8, 4) is 11.5 Å². The third-order valence-electron chi connectivity index (χ3n) is 5.30. The van der Waals surface area contributed by atoms with Crippen LogP contribution in [0.3, 0.4) is 0 Å². The molecule has 1 aromatic carbocycles. The van der Waals surface area contributed by atoms with Gasteiger partial charge in [0, 0.05) is 17.0 Å². The lowest BCUT2D eigenvalue weighted by atomic mass is 9.90. The monoisotopic (exact) mass is 408 g/mol. The van der Waals surface area contributed by atoms with Gasteiger partial charge < -0.3 is 15.2 Å². The van der Waals surface area contributed by atoms with Gasteiger partial charge in [0.05, 0.1) is 0 Å². The van der Waals surface area contributed by atoms with Gasteiger partial charge in [-0.2, -0.15) is 4.99 Å². The zero-order valence-corrected chi connectivity index (χ0v) is 17.5. The maximum atomic E-state index is 13.6. The summed E-state index contributed by atoms with van der Waals surface area (Å²) in [7, 11) is 0. The van der Waals surface area contributed by atoms with Crippen LogP contribution in [0.4, 0.5) is 8.78 Å². The zero-order valence-electron chi connectivity index (χ0n) is 17.5. The van der Waals surface area contributed by atoms with Gasteiger partial charge in [0.1, 0.15) is 5.84 Å². The van der Waals surface area contributed by atoms with Crippen molar-refractivity contribution in [3.05, 3.63) is 23.3 Å². The van der Waals surface area contributed by atoms with Crippen LogP contribution < -0.4 is 15.2 Å². The average molecular weight is 408 g/mol. The first-order valence-electron chi connectivity index (χ1n) is 10.4. The molecule has 1 amide bonds. The number of carbonyl (C=O) groups excluding carboxylic acids is 1. The van der Waals surface area contributed by atoms with E-state index in [2.05, 4.69) is 37.4 Å². The number of amides is 1. The normalized spacial score (nSPS) is 19.1. The smallest absolute Gasteiger partial charge is 0.395 e. The molecule has 1 heterocycles. The van der Waals surface area contributed by atoms with Crippen LogP contribution in [-0.2, 0) is 4.79 Å². The first-order valence-corrected chi connectivity index (χ1v) is 10.4. The first kappa shape index (κ1) is 21.5. The van der Waals surface area contributed by atoms with Crippen molar-refractivity contribution < 1.29 is 23.0 Å². The minimum Gasteiger partial charge on any atom is -0.395 e. The molecule has 0 saturated heterocycles. The molecule has 160 valence electrons. The lowest BCUT2D eigenvalue weighted by molar-refractivity contribution is -0.286. The summed E-state index contributed by atoms with van der Waals surface area (Å²) < 4.78 is 36.4. The van der Waals surface area contributed by atoms with E-state index in [0.717, 1.165) is 32.1 Å². The average Bonchev–Trinajstić information content (AvgIpc) is 3.38. The molecule has 1 fully saturated rings. The number of amidine groups is 1. The molecule has 3 rings (SSSR count). The standard InChI is InChI=1S/C22H30F2N2O3/c1-12(2)5-6-15(11-13(3)4)21(27)26-20(25)16-9-10-17-19(18(16)14-7-8-14)29-22(23,24)28-17/h9-10,12-15H,5-8,11H2,1-4H3,(H2,25,26,27). The zero-order chi connectivity index (χ0) is 21.3. The number of benzene rings is 1. The summed E-state index contributed by atoms with van der Waals surface area (Å²) in [4.78, 5) is 17.0. The maximum Gasteiger partial charge on any atom is 0.586 e. The van der Waals surface area contributed by atoms with E-state index in [-0.39, 0.29) is 35.1 Å². The van der Waals surface area contributed by atoms with Crippen LogP contribution in [0.2, 0.25) is 0 Å². The lowest BCUT2D eigenvalue weighted by Crippen LogP contribution is -2.26. The Morgan fingerprint density at radius 1 is 1.17 bits per heavy atom. The number of hydrogen-bond donors (Lipinski definition) is 1. The van der Waals surface area contributed by atoms with E-state index in [0.29, 0.717) is 23.0 Å². The molecule has 29 heavy (non-hydrogen) atoms. The van der Waals surface area contributed by atoms with Crippen LogP contribution in [0.25, 0.3) is 0 Å². The summed E-state index contributed by atoms with van der Waals surface area (Å²) >= 11 is 0. The molecule has 0 radical (unpaired) electrons. The van der Waals surface area contributed by atoms with Gasteiger partial charge in [0.25, 0.3) is 5.91 Å². The van der Waals surface area contributed by atoms with Crippen LogP contribution in [-0.4, -0.2) is 18.0 Å². The van der Waals surface area contributed by atoms with E-state index in [1.54, 1.807) is 6.07 Å². The second-order valence-corrected chi connectivity index (χ2v) is 8.93. The fourth-order valence-corrected chi connectivity index (χ4v) is 3.75. The van der Waals surface area contributed by atoms with Crippen molar-refractivity contribution in [1.82, 2.24) is 0 Å². The highest BCUT2D eigenvalue weighted by Crippen LogP contribution is 2.53. The third-order valence-corrected chi connectivity index (χ3v) is 5.30. The highest BCUT2D eigenvalue weighted by Gasteiger charge is 2.47. The molecule has 0 bridgehead atoms. The number of alkyl halides is 2. The van der Waals surface area contributed by atoms with Gasteiger partial charge in [-0.25, -0.2) is 0 Å². The van der Waals surface area contributed by atoms with Crippen molar-refractivity contribution in [2.45, 2.75) is 72.0 Å². The molecular weight excluding hydrogens is 378 g/mol. The van der Waals surface area contributed by atoms with Crippen LogP contribution in [0, 0.1) is 17.8 Å². The molecular formula is C22H30F2N2O3. The molecule has 5 nitrogen and oxygen atoms in total. The molecule has 0 aromatic heterocycles. The fraction of sp³-hybridized carbons (Fsp3) is 0.636. The number of nitrogens with two attached hydrogens (primary N) is 1. The summed E-state index contributed by atoms with van der Waals surface area (Å²) in [5.74, 6) is 0.539. The second-order valence-electron chi connectivity index (χ2n) is 8.93. The Hall–Kier alpha value is -2.18. The van der Waals surface area contributed by atoms with Gasteiger partial charge >= 0.3 is 6.29 Å². The highest BCUT2D eigenvalue weighted by atomic mass is 19.3. The molecule has 1 aromatic rings. The molecule has 2 N–H and O–H groups in total. The number of hydrogen-bond acceptors (Lipinski definition) is 3. The molecule has 1 atom stereocenters. The van der Waals surface area contributed by atoms with Crippen molar-refractivity contribution >= 4 is 11.7 Å². The molecule has 2 aliphatic rings. The summed E-state index contributed by atoms with van der Waals surface area (Å²) in [6.45, 7) is 8.40. The first-order chi connectivity index (χ1) is 13.6. The number of aliphatic imine (C=N–C) groups is 1. The Morgan fingerprint density at radius 3 is 2.45 bits per heavy atom. The van der Waals surface area contributed by atoms with Crippen molar-refractivity contribution in [3.63, 3.8) is 0 Å². The van der Waals surface area contributed by atoms with E-state index < -0.39 is 6.29 Å². The van der Waals surface area contributed by atoms with Gasteiger partial charge in [-0.3, -0.25) is 4.79 Å². The number of halogens is 2. The van der Waals surface area contributed by atoms with Crippen LogP contribution in [0.1, 0.15) is 76.8 Å². The SMILES string of the molecule is CC(C)CCC(CC(C)C)C(=O)N=C(N)c1ccc2c(c1C1CC1)OC(F)(F)O2. The van der Waals surface area contributed by atoms with Crippen molar-refractivity contribution in [2.75, 3.05) is 0 Å². The van der Waals surface area contributed by atoms with E-state index in [4.69, 9.17) is 10.5 Å². The van der Waals surface area contributed by atoms with E-state index >= 15 is 0 Å². The van der Waals surface area contributed by atoms with E-state index in [1.165, 1.54) is 6.07 Å². The maximum absolute atomic E-state index is 13.6. The topological polar surface area (TPSA) is 73.9 Å². The third kappa shape index (κ3) is 5.25. The summed E-state index contributed by atoms with van der Waals surface area (Å²) in [6, 6.07) is 2.99. The van der Waals surface area contributed by atoms with Crippen LogP contribution in [0.5, 0.6) is 11.5 Å². The summed E-state index contributed by atoms with van der Waals surface area (Å²) in [6.07, 6.45) is 0.448. The number of fused-ring (bicyclic) bond motifs is 1. The minimum absolute atomic E-state index is 0.00519. The van der Waals surface area contributed by atoms with Gasteiger partial charge in [0.2, 0.25) is 0 Å². The van der Waals surface area contributed by atoms with Gasteiger partial charge in [0.15, 0.2) is 11.5 Å². The van der Waals surface area contributed by atoms with Crippen molar-refractivity contribution in [2.24, 2.45) is 28.5 Å². The molecule has 0 spiro atoms. The molecule has 1 unspecified atom stereocenters. The van der Waals surface area contributed by atoms with Gasteiger partial charge in [-0.15, -0.1) is 8.78 Å². The molecule has 1 aliphatic heterocycles. The summed E-state index contributed by atoms with van der Waals surface area (Å²) in [5, 5.41) is 0. The minimum atomic E-state index is -3.69. The Labute approximate surface area is 170 Å². The lowest BCUT2D eigenvalue weighted by Gasteiger charge is -2.17. The Kier molecular flexibility index (Phi) is 6.15. The van der Waals surface area contributed by atoms with Crippen LogP contribution in [0.15, 0.2) is 17.1 Å². The van der Waals surface area contributed by atoms with Crippen molar-refractivity contribution in [1.29, 1.82) is 0 Å². The Morgan fingerprint density at radius 2 is 1.86 bits per heavy atom. The van der Waals surface area contributed by atoms with Gasteiger partial charge in [-0.05, 0) is 55.6 Å². The largest absolute Gasteiger partial charge is 0.586 e. The van der Waals surface area contributed by atoms with Gasteiger partial charge in [-0.1, -0.05) is 34.1 Å². The molecule has 1 saturated carbocycles. The fourth-order valence-electron chi connectivity index (χ4n) is 3.75. The number of carbonyl (C=O) groups is 1. The number of ether oxygens (including phenoxy) is 2. The molecule has 7 heteroatoms. The Bertz CT molecular complexity index is 801. The summed E-state index contributed by atoms with van der Waals surface area (Å²) in [5.41, 5.74) is 7.24. The predicted octanol–water partition coefficient (Wildman–Crippen LogP) is 5.22. The number of rotatable bonds is 8. The van der Waals surface area contributed by atoms with E-state index in [1.807, 2.05) is 0 Å². The van der Waals surface area contributed by atoms with E-state index in [9.17, 15) is 13.6 Å². The van der Waals surface area contributed by atoms with Crippen LogP contribution >= 0.6 is 0 Å². The highest BCUT2D eigenvalue weighted by molar-refractivity contribution is 6.06. The second kappa shape index (κ2) is 8.28.